The number of nitrogens with zero attached hydrogens (tertiary/aromatic N) is 1. The van der Waals surface area contributed by atoms with Gasteiger partial charge in [0.05, 0.1) is 16.3 Å². The third-order valence-electron chi connectivity index (χ3n) is 1.57. The summed E-state index contributed by atoms with van der Waals surface area (Å²) in [5.74, 6) is 0. The molecular weight excluding hydrogens is 279 g/mol. The molecule has 1 aromatic heterocycles. The molecule has 1 aromatic rings. The number of rotatable bonds is 3. The molecule has 0 fully saturated rings. The first-order valence-corrected chi connectivity index (χ1v) is 5.08. The highest BCUT2D eigenvalue weighted by molar-refractivity contribution is 9.08. The minimum absolute atomic E-state index is 0.0499. The van der Waals surface area contributed by atoms with Gasteiger partial charge in [0.15, 0.2) is 6.29 Å². The summed E-state index contributed by atoms with van der Waals surface area (Å²) in [6.07, 6.45) is -2.23. The van der Waals surface area contributed by atoms with E-state index in [0.29, 0.717) is 6.29 Å². The second-order valence-electron chi connectivity index (χ2n) is 2.44. The summed E-state index contributed by atoms with van der Waals surface area (Å²) in [4.78, 5) is 14.1. The zero-order valence-corrected chi connectivity index (χ0v) is 9.15. The van der Waals surface area contributed by atoms with Crippen LogP contribution in [0.15, 0.2) is 6.07 Å². The van der Waals surface area contributed by atoms with Crippen molar-refractivity contribution in [3.63, 3.8) is 0 Å². The van der Waals surface area contributed by atoms with Crippen LogP contribution < -0.4 is 0 Å². The van der Waals surface area contributed by atoms with Gasteiger partial charge in [-0.05, 0) is 6.07 Å². The van der Waals surface area contributed by atoms with Crippen LogP contribution in [0.4, 0.5) is 8.78 Å². The van der Waals surface area contributed by atoms with E-state index in [0.717, 1.165) is 6.07 Å². The van der Waals surface area contributed by atoms with Gasteiger partial charge in [0.25, 0.3) is 6.43 Å². The number of hydrogen-bond donors (Lipinski definition) is 0. The van der Waals surface area contributed by atoms with Crippen molar-refractivity contribution in [1.29, 1.82) is 0 Å². The fourth-order valence-corrected chi connectivity index (χ4v) is 1.72. The number of aromatic nitrogens is 1. The average Bonchev–Trinajstić information content (AvgIpc) is 2.15. The maximum absolute atomic E-state index is 12.5. The number of pyridine rings is 1. The molecule has 0 spiro atoms. The Hall–Kier alpha value is -0.550. The van der Waals surface area contributed by atoms with Crippen LogP contribution in [0.25, 0.3) is 0 Å². The first-order valence-electron chi connectivity index (χ1n) is 3.58. The second kappa shape index (κ2) is 4.79. The molecule has 2 nitrogen and oxygen atoms in total. The van der Waals surface area contributed by atoms with Gasteiger partial charge in [0.1, 0.15) is 5.69 Å². The van der Waals surface area contributed by atoms with Crippen LogP contribution in [0.2, 0.25) is 5.02 Å². The van der Waals surface area contributed by atoms with Gasteiger partial charge < -0.3 is 0 Å². The average molecular weight is 284 g/mol. The lowest BCUT2D eigenvalue weighted by atomic mass is 10.2. The number of hydrogen-bond acceptors (Lipinski definition) is 2. The molecule has 14 heavy (non-hydrogen) atoms. The summed E-state index contributed by atoms with van der Waals surface area (Å²) < 4.78 is 25.0. The van der Waals surface area contributed by atoms with Crippen LogP contribution in [0.1, 0.15) is 28.2 Å². The highest BCUT2D eigenvalue weighted by Crippen LogP contribution is 2.30. The number of halogens is 4. The molecule has 0 aliphatic carbocycles. The molecule has 0 N–H and O–H groups in total. The Kier molecular flexibility index (Phi) is 3.95. The fourth-order valence-electron chi connectivity index (χ4n) is 0.986. The Bertz CT molecular complexity index is 359. The SMILES string of the molecule is O=Cc1cc(Cl)c(C(F)F)c(CBr)n1. The molecule has 0 aromatic carbocycles. The Balaban J connectivity index is 3.34. The Morgan fingerprint density at radius 3 is 2.71 bits per heavy atom. The smallest absolute Gasteiger partial charge is 0.267 e. The molecule has 6 heteroatoms. The van der Waals surface area contributed by atoms with Crippen LogP contribution in [0, 0.1) is 0 Å². The van der Waals surface area contributed by atoms with Gasteiger partial charge in [-0.2, -0.15) is 0 Å². The van der Waals surface area contributed by atoms with Gasteiger partial charge in [-0.15, -0.1) is 0 Å². The third-order valence-corrected chi connectivity index (χ3v) is 2.42. The summed E-state index contributed by atoms with van der Waals surface area (Å²) in [6, 6.07) is 1.13. The molecular formula is C8H5BrClF2NO. The molecule has 1 rings (SSSR count). The van der Waals surface area contributed by atoms with Crippen molar-refractivity contribution in [3.8, 4) is 0 Å². The van der Waals surface area contributed by atoms with Crippen molar-refractivity contribution >= 4 is 33.8 Å². The lowest BCUT2D eigenvalue weighted by molar-refractivity contribution is 0.111. The second-order valence-corrected chi connectivity index (χ2v) is 3.41. The predicted octanol–water partition coefficient (Wildman–Crippen LogP) is 3.38. The van der Waals surface area contributed by atoms with Gasteiger partial charge in [-0.1, -0.05) is 27.5 Å². The maximum Gasteiger partial charge on any atom is 0.267 e. The zero-order valence-electron chi connectivity index (χ0n) is 6.81. The number of aldehydes is 1. The van der Waals surface area contributed by atoms with E-state index in [1.54, 1.807) is 0 Å². The molecule has 0 atom stereocenters. The van der Waals surface area contributed by atoms with Gasteiger partial charge in [0, 0.05) is 5.33 Å². The van der Waals surface area contributed by atoms with E-state index in [9.17, 15) is 13.6 Å². The zero-order chi connectivity index (χ0) is 10.7. The van der Waals surface area contributed by atoms with Crippen LogP contribution >= 0.6 is 27.5 Å². The summed E-state index contributed by atoms with van der Waals surface area (Å²) in [5, 5.41) is 0.000185. The fraction of sp³-hybridized carbons (Fsp3) is 0.250. The molecule has 0 aliphatic heterocycles. The minimum atomic E-state index is -2.69. The molecule has 0 saturated heterocycles. The Morgan fingerprint density at radius 2 is 2.29 bits per heavy atom. The third kappa shape index (κ3) is 2.27. The van der Waals surface area contributed by atoms with E-state index in [-0.39, 0.29) is 27.3 Å². The van der Waals surface area contributed by atoms with Crippen LogP contribution in [0.5, 0.6) is 0 Å². The lowest BCUT2D eigenvalue weighted by Crippen LogP contribution is -2.00. The molecule has 1 heterocycles. The van der Waals surface area contributed by atoms with E-state index in [1.165, 1.54) is 0 Å². The topological polar surface area (TPSA) is 30.0 Å². The Labute approximate surface area is 92.4 Å². The quantitative estimate of drug-likeness (QED) is 0.629. The first-order chi connectivity index (χ1) is 6.60. The van der Waals surface area contributed by atoms with Crippen molar-refractivity contribution < 1.29 is 13.6 Å². The number of alkyl halides is 3. The van der Waals surface area contributed by atoms with Gasteiger partial charge >= 0.3 is 0 Å². The van der Waals surface area contributed by atoms with E-state index in [2.05, 4.69) is 20.9 Å². The summed E-state index contributed by atoms with van der Waals surface area (Å²) in [6.45, 7) is 0. The Morgan fingerprint density at radius 1 is 1.64 bits per heavy atom. The predicted molar refractivity (Wildman–Crippen MR) is 52.2 cm³/mol. The number of carbonyl (C=O) groups is 1. The monoisotopic (exact) mass is 283 g/mol. The molecule has 0 saturated carbocycles. The summed E-state index contributed by atoms with van der Waals surface area (Å²) in [5.41, 5.74) is -0.183. The molecule has 0 unspecified atom stereocenters. The van der Waals surface area contributed by atoms with Gasteiger partial charge in [0.2, 0.25) is 0 Å². The molecule has 0 amide bonds. The van der Waals surface area contributed by atoms with Crippen molar-refractivity contribution in [2.45, 2.75) is 11.8 Å². The minimum Gasteiger partial charge on any atom is -0.296 e. The standard InChI is InChI=1S/C8H5BrClF2NO/c9-2-6-7(8(11)12)5(10)1-4(3-14)13-6/h1,3,8H,2H2. The van der Waals surface area contributed by atoms with E-state index >= 15 is 0 Å². The van der Waals surface area contributed by atoms with E-state index in [1.807, 2.05) is 0 Å². The van der Waals surface area contributed by atoms with Crippen molar-refractivity contribution in [1.82, 2.24) is 4.98 Å². The van der Waals surface area contributed by atoms with E-state index in [4.69, 9.17) is 11.6 Å². The van der Waals surface area contributed by atoms with Crippen LogP contribution in [-0.2, 0) is 5.33 Å². The van der Waals surface area contributed by atoms with Crippen molar-refractivity contribution in [2.24, 2.45) is 0 Å². The lowest BCUT2D eigenvalue weighted by Gasteiger charge is -2.08. The maximum atomic E-state index is 12.5. The molecule has 76 valence electrons. The molecule has 0 bridgehead atoms. The van der Waals surface area contributed by atoms with Gasteiger partial charge in [-0.3, -0.25) is 4.79 Å². The largest absolute Gasteiger partial charge is 0.296 e. The normalized spacial score (nSPS) is 10.6. The van der Waals surface area contributed by atoms with Gasteiger partial charge in [-0.25, -0.2) is 13.8 Å². The van der Waals surface area contributed by atoms with Crippen LogP contribution in [0.3, 0.4) is 0 Å². The van der Waals surface area contributed by atoms with Crippen molar-refractivity contribution in [2.75, 3.05) is 0 Å². The first kappa shape index (κ1) is 11.5. The summed E-state index contributed by atoms with van der Waals surface area (Å²) >= 11 is 8.59. The highest BCUT2D eigenvalue weighted by atomic mass is 79.9. The molecule has 0 aliphatic rings. The van der Waals surface area contributed by atoms with Crippen molar-refractivity contribution in [3.05, 3.63) is 28.0 Å². The van der Waals surface area contributed by atoms with E-state index < -0.39 is 6.43 Å². The van der Waals surface area contributed by atoms with Crippen LogP contribution in [-0.4, -0.2) is 11.3 Å². The number of carbonyl (C=O) groups excluding carboxylic acids is 1. The highest BCUT2D eigenvalue weighted by Gasteiger charge is 2.18. The summed E-state index contributed by atoms with van der Waals surface area (Å²) in [7, 11) is 0. The molecule has 0 radical (unpaired) electrons.